The fourth-order valence-corrected chi connectivity index (χ4v) is 3.53. The Labute approximate surface area is 151 Å². The summed E-state index contributed by atoms with van der Waals surface area (Å²) in [5, 5.41) is 19.6. The van der Waals surface area contributed by atoms with Crippen molar-refractivity contribution in [1.82, 2.24) is 15.0 Å². The molecule has 8 heteroatoms. The van der Waals surface area contributed by atoms with Gasteiger partial charge in [0.25, 0.3) is 0 Å². The fourth-order valence-electron chi connectivity index (χ4n) is 2.76. The van der Waals surface area contributed by atoms with Crippen LogP contribution in [0.15, 0.2) is 36.4 Å². The normalized spacial score (nSPS) is 14.5. The molecule has 0 aliphatic carbocycles. The van der Waals surface area contributed by atoms with Gasteiger partial charge in [-0.2, -0.15) is 0 Å². The molecule has 0 radical (unpaired) electrons. The molecule has 1 unspecified atom stereocenters. The number of phenols is 1. The Morgan fingerprint density at radius 3 is 2.23 bits per heavy atom. The lowest BCUT2D eigenvalue weighted by Crippen LogP contribution is -2.14. The SMILES string of the molecule is COP(=O)(O)Cc1cc(-n2nc3ccccc3n2)c(O)c(C(C)(C)C)c1. The van der Waals surface area contributed by atoms with Crippen LogP contribution in [0.25, 0.3) is 16.7 Å². The third kappa shape index (κ3) is 3.65. The molecular formula is C18H22N3O4P. The fraction of sp³-hybridized carbons (Fsp3) is 0.333. The highest BCUT2D eigenvalue weighted by Crippen LogP contribution is 2.46. The summed E-state index contributed by atoms with van der Waals surface area (Å²) in [6, 6.07) is 10.7. The van der Waals surface area contributed by atoms with Gasteiger partial charge in [0.2, 0.25) is 0 Å². The zero-order chi connectivity index (χ0) is 19.1. The molecule has 138 valence electrons. The van der Waals surface area contributed by atoms with Gasteiger partial charge in [0, 0.05) is 12.7 Å². The van der Waals surface area contributed by atoms with Gasteiger partial charge in [-0.15, -0.1) is 15.0 Å². The van der Waals surface area contributed by atoms with Crippen molar-refractivity contribution >= 4 is 18.6 Å². The minimum absolute atomic E-state index is 0.0479. The molecule has 0 saturated heterocycles. The van der Waals surface area contributed by atoms with E-state index in [2.05, 4.69) is 10.2 Å². The molecule has 1 atom stereocenters. The van der Waals surface area contributed by atoms with Gasteiger partial charge in [0.05, 0.1) is 6.16 Å². The molecule has 3 rings (SSSR count). The predicted octanol–water partition coefficient (Wildman–Crippen LogP) is 3.76. The van der Waals surface area contributed by atoms with Crippen molar-refractivity contribution in [2.24, 2.45) is 0 Å². The van der Waals surface area contributed by atoms with E-state index in [-0.39, 0.29) is 17.3 Å². The molecule has 2 N–H and O–H groups in total. The lowest BCUT2D eigenvalue weighted by Gasteiger charge is -2.23. The molecule has 0 aliphatic rings. The number of aromatic hydroxyl groups is 1. The molecule has 0 aliphatic heterocycles. The first-order chi connectivity index (χ1) is 12.1. The maximum atomic E-state index is 12.0. The largest absolute Gasteiger partial charge is 0.505 e. The van der Waals surface area contributed by atoms with Gasteiger partial charge in [-0.05, 0) is 29.2 Å². The number of hydrogen-bond donors (Lipinski definition) is 2. The van der Waals surface area contributed by atoms with Crippen LogP contribution in [0.5, 0.6) is 5.75 Å². The van der Waals surface area contributed by atoms with E-state index in [1.165, 1.54) is 11.9 Å². The summed E-state index contributed by atoms with van der Waals surface area (Å²) in [5.41, 5.74) is 2.58. The van der Waals surface area contributed by atoms with Gasteiger partial charge in [0.1, 0.15) is 22.5 Å². The van der Waals surface area contributed by atoms with Crippen molar-refractivity contribution in [3.63, 3.8) is 0 Å². The highest BCUT2D eigenvalue weighted by Gasteiger charge is 2.26. The van der Waals surface area contributed by atoms with Gasteiger partial charge >= 0.3 is 7.60 Å². The third-order valence-electron chi connectivity index (χ3n) is 4.13. The van der Waals surface area contributed by atoms with Gasteiger partial charge in [0.15, 0.2) is 0 Å². The van der Waals surface area contributed by atoms with Crippen LogP contribution >= 0.6 is 7.60 Å². The zero-order valence-corrected chi connectivity index (χ0v) is 16.1. The van der Waals surface area contributed by atoms with Gasteiger partial charge in [-0.25, -0.2) is 0 Å². The van der Waals surface area contributed by atoms with Gasteiger partial charge in [-0.1, -0.05) is 39.0 Å². The summed E-state index contributed by atoms with van der Waals surface area (Å²) in [6.07, 6.45) is -0.166. The standard InChI is InChI=1S/C18H22N3O4P/c1-18(2,3)13-9-12(11-26(23,24)25-4)10-16(17(13)22)21-19-14-7-5-6-8-15(14)20-21/h5-10,22H,11H2,1-4H3,(H,23,24). The first-order valence-electron chi connectivity index (χ1n) is 8.17. The molecule has 0 amide bonds. The summed E-state index contributed by atoms with van der Waals surface area (Å²) in [7, 11) is -2.55. The predicted molar refractivity (Wildman–Crippen MR) is 99.8 cm³/mol. The smallest absolute Gasteiger partial charge is 0.332 e. The van der Waals surface area contributed by atoms with E-state index in [0.717, 1.165) is 0 Å². The Hall–Kier alpha value is -2.21. The van der Waals surface area contributed by atoms with Crippen molar-refractivity contribution < 1.29 is 19.1 Å². The number of nitrogens with zero attached hydrogens (tertiary/aromatic N) is 3. The molecule has 0 spiro atoms. The molecule has 0 fully saturated rings. The molecule has 7 nitrogen and oxygen atoms in total. The lowest BCUT2D eigenvalue weighted by molar-refractivity contribution is 0.314. The molecule has 3 aromatic rings. The average molecular weight is 375 g/mol. The van der Waals surface area contributed by atoms with Crippen molar-refractivity contribution in [1.29, 1.82) is 0 Å². The minimum Gasteiger partial charge on any atom is -0.505 e. The average Bonchev–Trinajstić information content (AvgIpc) is 2.99. The van der Waals surface area contributed by atoms with Crippen molar-refractivity contribution in [3.8, 4) is 11.4 Å². The highest BCUT2D eigenvalue weighted by atomic mass is 31.2. The first kappa shape index (κ1) is 18.6. The van der Waals surface area contributed by atoms with Crippen LogP contribution in [-0.4, -0.2) is 32.1 Å². The second-order valence-corrected chi connectivity index (χ2v) is 9.17. The minimum atomic E-state index is -3.75. The molecule has 0 saturated carbocycles. The van der Waals surface area contributed by atoms with Crippen LogP contribution in [0.3, 0.4) is 0 Å². The summed E-state index contributed by atoms with van der Waals surface area (Å²) >= 11 is 0. The Bertz CT molecular complexity index is 974. The summed E-state index contributed by atoms with van der Waals surface area (Å²) in [4.78, 5) is 11.2. The molecule has 1 aromatic heterocycles. The zero-order valence-electron chi connectivity index (χ0n) is 15.2. The number of rotatable bonds is 4. The number of phenolic OH excluding ortho intramolecular Hbond substituents is 1. The molecule has 0 bridgehead atoms. The first-order valence-corrected chi connectivity index (χ1v) is 9.93. The van der Waals surface area contributed by atoms with Crippen LogP contribution in [0.2, 0.25) is 0 Å². The Morgan fingerprint density at radius 2 is 1.73 bits per heavy atom. The Balaban J connectivity index is 2.21. The van der Waals surface area contributed by atoms with Gasteiger partial charge in [-0.3, -0.25) is 4.57 Å². The van der Waals surface area contributed by atoms with Crippen LogP contribution < -0.4 is 0 Å². The summed E-state index contributed by atoms with van der Waals surface area (Å²) in [5.74, 6) is 0.0479. The maximum absolute atomic E-state index is 12.0. The lowest BCUT2D eigenvalue weighted by atomic mass is 9.85. The molecule has 2 aromatic carbocycles. The van der Waals surface area contributed by atoms with E-state index < -0.39 is 7.60 Å². The number of benzene rings is 2. The number of hydrogen-bond acceptors (Lipinski definition) is 5. The van der Waals surface area contributed by atoms with Crippen molar-refractivity contribution in [2.75, 3.05) is 7.11 Å². The van der Waals surface area contributed by atoms with E-state index >= 15 is 0 Å². The second kappa shape index (κ2) is 6.50. The Morgan fingerprint density at radius 1 is 1.15 bits per heavy atom. The maximum Gasteiger partial charge on any atom is 0.332 e. The summed E-state index contributed by atoms with van der Waals surface area (Å²) in [6.45, 7) is 5.87. The van der Waals surface area contributed by atoms with E-state index in [4.69, 9.17) is 4.52 Å². The van der Waals surface area contributed by atoms with E-state index in [9.17, 15) is 14.6 Å². The van der Waals surface area contributed by atoms with E-state index in [1.807, 2.05) is 45.0 Å². The van der Waals surface area contributed by atoms with Crippen LogP contribution in [-0.2, 0) is 20.7 Å². The second-order valence-electron chi connectivity index (χ2n) is 7.22. The van der Waals surface area contributed by atoms with Crippen molar-refractivity contribution in [2.45, 2.75) is 32.3 Å². The monoisotopic (exact) mass is 375 g/mol. The van der Waals surface area contributed by atoms with Crippen LogP contribution in [0.1, 0.15) is 31.9 Å². The van der Waals surface area contributed by atoms with Crippen LogP contribution in [0.4, 0.5) is 0 Å². The molecule has 1 heterocycles. The quantitative estimate of drug-likeness (QED) is 0.674. The van der Waals surface area contributed by atoms with E-state index in [0.29, 0.717) is 27.8 Å². The molecular weight excluding hydrogens is 353 g/mol. The number of fused-ring (bicyclic) bond motifs is 1. The number of aromatic nitrogens is 3. The third-order valence-corrected chi connectivity index (χ3v) is 5.46. The topological polar surface area (TPSA) is 97.5 Å². The Kier molecular flexibility index (Phi) is 4.65. The van der Waals surface area contributed by atoms with E-state index in [1.54, 1.807) is 12.1 Å². The summed E-state index contributed by atoms with van der Waals surface area (Å²) < 4.78 is 16.7. The van der Waals surface area contributed by atoms with Gasteiger partial charge < -0.3 is 14.5 Å². The molecule has 26 heavy (non-hydrogen) atoms. The van der Waals surface area contributed by atoms with Crippen molar-refractivity contribution in [3.05, 3.63) is 47.5 Å². The highest BCUT2D eigenvalue weighted by molar-refractivity contribution is 7.51. The van der Waals surface area contributed by atoms with Crippen LogP contribution in [0, 0.1) is 0 Å².